The van der Waals surface area contributed by atoms with E-state index in [4.69, 9.17) is 0 Å². The Hall–Kier alpha value is -1.40. The number of halogens is 4. The Morgan fingerprint density at radius 3 is 2.37 bits per heavy atom. The van der Waals surface area contributed by atoms with E-state index < -0.39 is 23.7 Å². The molecule has 0 amide bonds. The van der Waals surface area contributed by atoms with E-state index in [9.17, 15) is 22.7 Å². The fraction of sp³-hybridized carbons (Fsp3) is 0.231. The summed E-state index contributed by atoms with van der Waals surface area (Å²) in [6.07, 6.45) is -5.96. The zero-order valence-electron chi connectivity index (χ0n) is 9.83. The number of hydrogen-bond acceptors (Lipinski definition) is 2. The first kappa shape index (κ1) is 14.0. The number of aliphatic hydroxyl groups excluding tert-OH is 1. The van der Waals surface area contributed by atoms with E-state index in [2.05, 4.69) is 0 Å². The maximum absolute atomic E-state index is 13.1. The van der Waals surface area contributed by atoms with Crippen molar-refractivity contribution < 1.29 is 22.7 Å². The molecule has 0 fully saturated rings. The van der Waals surface area contributed by atoms with Crippen molar-refractivity contribution in [3.8, 4) is 0 Å². The summed E-state index contributed by atoms with van der Waals surface area (Å²) in [5.74, 6) is -1.34. The van der Waals surface area contributed by atoms with Gasteiger partial charge < -0.3 is 5.11 Å². The van der Waals surface area contributed by atoms with Gasteiger partial charge in [0.1, 0.15) is 11.9 Å². The SMILES string of the molecule is Cc1cc(C(O)c2ccc(F)c(C(F)(F)F)c2)cs1. The summed E-state index contributed by atoms with van der Waals surface area (Å²) < 4.78 is 50.9. The molecule has 1 atom stereocenters. The maximum atomic E-state index is 13.1. The third kappa shape index (κ3) is 2.96. The summed E-state index contributed by atoms with van der Waals surface area (Å²) in [7, 11) is 0. The molecule has 0 saturated carbocycles. The molecule has 0 aliphatic heterocycles. The number of alkyl halides is 3. The van der Waals surface area contributed by atoms with E-state index in [0.29, 0.717) is 11.6 Å². The predicted molar refractivity (Wildman–Crippen MR) is 64.5 cm³/mol. The van der Waals surface area contributed by atoms with Crippen LogP contribution in [0.1, 0.15) is 27.7 Å². The Balaban J connectivity index is 2.41. The lowest BCUT2D eigenvalue weighted by Gasteiger charge is -2.13. The Kier molecular flexibility index (Phi) is 3.64. The fourth-order valence-electron chi connectivity index (χ4n) is 1.73. The molecule has 1 N–H and O–H groups in total. The molecule has 2 rings (SSSR count). The van der Waals surface area contributed by atoms with Crippen LogP contribution < -0.4 is 0 Å². The van der Waals surface area contributed by atoms with Crippen molar-refractivity contribution in [2.45, 2.75) is 19.2 Å². The average Bonchev–Trinajstić information content (AvgIpc) is 2.74. The van der Waals surface area contributed by atoms with Gasteiger partial charge in [-0.3, -0.25) is 0 Å². The molecule has 0 radical (unpaired) electrons. The van der Waals surface area contributed by atoms with Gasteiger partial charge in [-0.15, -0.1) is 11.3 Å². The number of thiophene rings is 1. The first-order chi connectivity index (χ1) is 8.79. The molecule has 6 heteroatoms. The van der Waals surface area contributed by atoms with Gasteiger partial charge in [0, 0.05) is 4.88 Å². The zero-order chi connectivity index (χ0) is 14.2. The largest absolute Gasteiger partial charge is 0.419 e. The Morgan fingerprint density at radius 1 is 1.16 bits per heavy atom. The van der Waals surface area contributed by atoms with Gasteiger partial charge >= 0.3 is 6.18 Å². The summed E-state index contributed by atoms with van der Waals surface area (Å²) >= 11 is 1.38. The standard InChI is InChI=1S/C13H10F4OS/c1-7-4-9(6-19-7)12(18)8-2-3-11(14)10(5-8)13(15,16)17/h2-6,12,18H,1H3. The smallest absolute Gasteiger partial charge is 0.384 e. The van der Waals surface area contributed by atoms with Crippen molar-refractivity contribution in [1.82, 2.24) is 0 Å². The van der Waals surface area contributed by atoms with Crippen LogP contribution >= 0.6 is 11.3 Å². The van der Waals surface area contributed by atoms with E-state index in [1.807, 2.05) is 6.92 Å². The molecule has 1 heterocycles. The number of aryl methyl sites for hydroxylation is 1. The van der Waals surface area contributed by atoms with Crippen molar-refractivity contribution in [2.24, 2.45) is 0 Å². The summed E-state index contributed by atoms with van der Waals surface area (Å²) in [5, 5.41) is 11.7. The lowest BCUT2D eigenvalue weighted by Crippen LogP contribution is -2.10. The lowest BCUT2D eigenvalue weighted by molar-refractivity contribution is -0.140. The average molecular weight is 290 g/mol. The normalized spacial score (nSPS) is 13.6. The van der Waals surface area contributed by atoms with Gasteiger partial charge in [-0.05, 0) is 41.6 Å². The second-order valence-electron chi connectivity index (χ2n) is 4.13. The maximum Gasteiger partial charge on any atom is 0.419 e. The van der Waals surface area contributed by atoms with E-state index in [0.717, 1.165) is 17.0 Å². The van der Waals surface area contributed by atoms with E-state index in [1.54, 1.807) is 11.4 Å². The van der Waals surface area contributed by atoms with Crippen LogP contribution in [0.4, 0.5) is 17.6 Å². The van der Waals surface area contributed by atoms with E-state index in [1.165, 1.54) is 11.3 Å². The molecule has 19 heavy (non-hydrogen) atoms. The highest BCUT2D eigenvalue weighted by molar-refractivity contribution is 7.10. The highest BCUT2D eigenvalue weighted by Gasteiger charge is 2.34. The van der Waals surface area contributed by atoms with Crippen LogP contribution in [0, 0.1) is 12.7 Å². The molecule has 0 bridgehead atoms. The van der Waals surface area contributed by atoms with Crippen LogP contribution in [0.3, 0.4) is 0 Å². The van der Waals surface area contributed by atoms with Crippen molar-refractivity contribution in [1.29, 1.82) is 0 Å². The highest BCUT2D eigenvalue weighted by atomic mass is 32.1. The van der Waals surface area contributed by atoms with Crippen molar-refractivity contribution in [3.63, 3.8) is 0 Å². The molecule has 0 spiro atoms. The third-order valence-electron chi connectivity index (χ3n) is 2.68. The molecule has 2 aromatic rings. The van der Waals surface area contributed by atoms with Crippen molar-refractivity contribution >= 4 is 11.3 Å². The minimum Gasteiger partial charge on any atom is -0.384 e. The monoisotopic (exact) mass is 290 g/mol. The summed E-state index contributed by atoms with van der Waals surface area (Å²) in [6, 6.07) is 4.21. The summed E-state index contributed by atoms with van der Waals surface area (Å²) in [6.45, 7) is 1.83. The molecular weight excluding hydrogens is 280 g/mol. The molecular formula is C13H10F4OS. The highest BCUT2D eigenvalue weighted by Crippen LogP contribution is 2.34. The minimum atomic E-state index is -4.77. The molecule has 1 nitrogen and oxygen atoms in total. The number of benzene rings is 1. The first-order valence-electron chi connectivity index (χ1n) is 5.39. The second kappa shape index (κ2) is 4.94. The fourth-order valence-corrected chi connectivity index (χ4v) is 2.45. The number of aliphatic hydroxyl groups is 1. The predicted octanol–water partition coefficient (Wildman–Crippen LogP) is 4.30. The Bertz CT molecular complexity index is 589. The summed E-state index contributed by atoms with van der Waals surface area (Å²) in [5.41, 5.74) is -0.843. The van der Waals surface area contributed by atoms with Crippen LogP contribution in [-0.4, -0.2) is 5.11 Å². The molecule has 0 aliphatic carbocycles. The molecule has 102 valence electrons. The van der Waals surface area contributed by atoms with Gasteiger partial charge in [-0.2, -0.15) is 13.2 Å². The zero-order valence-corrected chi connectivity index (χ0v) is 10.6. The van der Waals surface area contributed by atoms with Crippen LogP contribution in [0.25, 0.3) is 0 Å². The summed E-state index contributed by atoms with van der Waals surface area (Å²) in [4.78, 5) is 0.937. The second-order valence-corrected chi connectivity index (χ2v) is 5.25. The minimum absolute atomic E-state index is 0.0199. The Labute approximate surface area is 111 Å². The van der Waals surface area contributed by atoms with Crippen LogP contribution in [0.2, 0.25) is 0 Å². The van der Waals surface area contributed by atoms with Crippen molar-refractivity contribution in [3.05, 3.63) is 57.0 Å². The van der Waals surface area contributed by atoms with Gasteiger partial charge in [0.25, 0.3) is 0 Å². The molecule has 1 aromatic carbocycles. The molecule has 1 unspecified atom stereocenters. The van der Waals surface area contributed by atoms with Gasteiger partial charge in [0.15, 0.2) is 0 Å². The van der Waals surface area contributed by atoms with Gasteiger partial charge in [0.2, 0.25) is 0 Å². The number of hydrogen-bond donors (Lipinski definition) is 1. The topological polar surface area (TPSA) is 20.2 Å². The quantitative estimate of drug-likeness (QED) is 0.818. The van der Waals surface area contributed by atoms with Crippen molar-refractivity contribution in [2.75, 3.05) is 0 Å². The van der Waals surface area contributed by atoms with Crippen LogP contribution in [0.5, 0.6) is 0 Å². The van der Waals surface area contributed by atoms with E-state index in [-0.39, 0.29) is 5.56 Å². The number of rotatable bonds is 2. The van der Waals surface area contributed by atoms with Crippen LogP contribution in [-0.2, 0) is 6.18 Å². The van der Waals surface area contributed by atoms with E-state index >= 15 is 0 Å². The van der Waals surface area contributed by atoms with Gasteiger partial charge in [-0.25, -0.2) is 4.39 Å². The lowest BCUT2D eigenvalue weighted by atomic mass is 10.0. The van der Waals surface area contributed by atoms with Gasteiger partial charge in [-0.1, -0.05) is 6.07 Å². The molecule has 0 saturated heterocycles. The third-order valence-corrected chi connectivity index (χ3v) is 3.56. The van der Waals surface area contributed by atoms with Crippen LogP contribution in [0.15, 0.2) is 29.6 Å². The molecule has 1 aromatic heterocycles. The Morgan fingerprint density at radius 2 is 1.84 bits per heavy atom. The van der Waals surface area contributed by atoms with Gasteiger partial charge in [0.05, 0.1) is 5.56 Å². The first-order valence-corrected chi connectivity index (χ1v) is 6.27. The molecule has 0 aliphatic rings.